The Hall–Kier alpha value is -1.29. The zero-order chi connectivity index (χ0) is 13.2. The summed E-state index contributed by atoms with van der Waals surface area (Å²) in [5.74, 6) is 0. The molecule has 0 fully saturated rings. The average molecular weight is 241 g/mol. The molecule has 0 saturated heterocycles. The second kappa shape index (κ2) is 4.76. The molecule has 1 aliphatic carbocycles. The molecule has 1 heteroatoms. The highest BCUT2D eigenvalue weighted by atomic mass is 14.4. The van der Waals surface area contributed by atoms with Gasteiger partial charge in [-0.3, -0.25) is 0 Å². The number of nitriles is 1. The van der Waals surface area contributed by atoms with Crippen LogP contribution >= 0.6 is 0 Å². The quantitative estimate of drug-likeness (QED) is 0.741. The maximum Gasteiger partial charge on any atom is 0.0825 e. The summed E-state index contributed by atoms with van der Waals surface area (Å²) in [6.45, 7) is 6.77. The van der Waals surface area contributed by atoms with Crippen molar-refractivity contribution in [1.29, 1.82) is 5.26 Å². The van der Waals surface area contributed by atoms with E-state index in [0.29, 0.717) is 5.41 Å². The Labute approximate surface area is 111 Å². The van der Waals surface area contributed by atoms with Crippen molar-refractivity contribution in [3.8, 4) is 6.07 Å². The first kappa shape index (κ1) is 13.1. The third-order valence-corrected chi connectivity index (χ3v) is 4.10. The van der Waals surface area contributed by atoms with Gasteiger partial charge < -0.3 is 0 Å². The van der Waals surface area contributed by atoms with Gasteiger partial charge in [0, 0.05) is 0 Å². The molecule has 0 heterocycles. The minimum Gasteiger partial charge on any atom is -0.197 e. The van der Waals surface area contributed by atoms with E-state index < -0.39 is 0 Å². The predicted octanol–water partition coefficient (Wildman–Crippen LogP) is 4.61. The third-order valence-electron chi connectivity index (χ3n) is 4.10. The van der Waals surface area contributed by atoms with Gasteiger partial charge in [-0.15, -0.1) is 0 Å². The molecule has 18 heavy (non-hydrogen) atoms. The first-order valence-corrected chi connectivity index (χ1v) is 6.97. The lowest BCUT2D eigenvalue weighted by molar-refractivity contribution is 0.306. The summed E-state index contributed by atoms with van der Waals surface area (Å²) in [7, 11) is 0. The van der Waals surface area contributed by atoms with E-state index in [1.165, 1.54) is 11.1 Å². The van der Waals surface area contributed by atoms with Crippen molar-refractivity contribution in [2.24, 2.45) is 5.41 Å². The van der Waals surface area contributed by atoms with Crippen LogP contribution in [0.5, 0.6) is 0 Å². The zero-order valence-electron chi connectivity index (χ0n) is 11.8. The molecule has 0 aromatic heterocycles. The summed E-state index contributed by atoms with van der Waals surface area (Å²) in [6.07, 6.45) is 5.40. The highest BCUT2D eigenvalue weighted by Crippen LogP contribution is 2.42. The van der Waals surface area contributed by atoms with Crippen LogP contribution in [0, 0.1) is 16.7 Å². The van der Waals surface area contributed by atoms with E-state index >= 15 is 0 Å². The van der Waals surface area contributed by atoms with Gasteiger partial charge >= 0.3 is 0 Å². The van der Waals surface area contributed by atoms with E-state index in [1.807, 2.05) is 0 Å². The summed E-state index contributed by atoms with van der Waals surface area (Å²) < 4.78 is 0. The number of aryl methyl sites for hydroxylation is 1. The molecule has 0 saturated carbocycles. The Morgan fingerprint density at radius 3 is 2.67 bits per heavy atom. The van der Waals surface area contributed by atoms with Crippen LogP contribution in [0.3, 0.4) is 0 Å². The van der Waals surface area contributed by atoms with Crippen LogP contribution in [-0.2, 0) is 11.8 Å². The van der Waals surface area contributed by atoms with Crippen molar-refractivity contribution in [2.45, 2.75) is 58.3 Å². The van der Waals surface area contributed by atoms with E-state index in [0.717, 1.165) is 32.1 Å². The largest absolute Gasteiger partial charge is 0.197 e. The maximum absolute atomic E-state index is 9.74. The van der Waals surface area contributed by atoms with Crippen LogP contribution < -0.4 is 0 Å². The van der Waals surface area contributed by atoms with Crippen molar-refractivity contribution < 1.29 is 0 Å². The van der Waals surface area contributed by atoms with Gasteiger partial charge in [0.1, 0.15) is 0 Å². The molecular weight excluding hydrogens is 218 g/mol. The van der Waals surface area contributed by atoms with Gasteiger partial charge in [0.05, 0.1) is 11.5 Å². The lowest BCUT2D eigenvalue weighted by Gasteiger charge is -2.35. The third kappa shape index (κ3) is 2.58. The Kier molecular flexibility index (Phi) is 3.48. The van der Waals surface area contributed by atoms with Crippen LogP contribution in [-0.4, -0.2) is 0 Å². The van der Waals surface area contributed by atoms with Gasteiger partial charge in [-0.2, -0.15) is 5.26 Å². The number of nitrogens with zero attached hydrogens (tertiary/aromatic N) is 1. The second-order valence-electron chi connectivity index (χ2n) is 6.77. The van der Waals surface area contributed by atoms with Crippen LogP contribution in [0.4, 0.5) is 0 Å². The molecule has 0 amide bonds. The van der Waals surface area contributed by atoms with Crippen LogP contribution in [0.1, 0.15) is 57.6 Å². The molecule has 1 aromatic carbocycles. The number of hydrogen-bond donors (Lipinski definition) is 0. The summed E-state index contributed by atoms with van der Waals surface area (Å²) in [5.41, 5.74) is 2.75. The summed E-state index contributed by atoms with van der Waals surface area (Å²) >= 11 is 0. The smallest absolute Gasteiger partial charge is 0.0825 e. The van der Waals surface area contributed by atoms with Gasteiger partial charge in [0.25, 0.3) is 0 Å². The van der Waals surface area contributed by atoms with Crippen LogP contribution in [0.2, 0.25) is 0 Å². The molecule has 1 nitrogen and oxygen atoms in total. The van der Waals surface area contributed by atoms with Gasteiger partial charge in [0.2, 0.25) is 0 Å². The van der Waals surface area contributed by atoms with E-state index in [-0.39, 0.29) is 5.41 Å². The maximum atomic E-state index is 9.74. The minimum atomic E-state index is -0.234. The van der Waals surface area contributed by atoms with Gasteiger partial charge in [0.15, 0.2) is 0 Å². The summed E-state index contributed by atoms with van der Waals surface area (Å²) in [5, 5.41) is 9.74. The molecule has 0 bridgehead atoms. The Balaban J connectivity index is 2.32. The highest BCUT2D eigenvalue weighted by molar-refractivity contribution is 5.41. The fraction of sp³-hybridized carbons (Fsp3) is 0.588. The molecule has 1 unspecified atom stereocenters. The van der Waals surface area contributed by atoms with E-state index in [4.69, 9.17) is 0 Å². The van der Waals surface area contributed by atoms with Crippen molar-refractivity contribution >= 4 is 0 Å². The average Bonchev–Trinajstić information content (AvgIpc) is 2.35. The molecule has 1 aliphatic rings. The normalized spacial score (nSPS) is 23.2. The molecular formula is C17H23N. The van der Waals surface area contributed by atoms with Crippen LogP contribution in [0.15, 0.2) is 24.3 Å². The number of hydrogen-bond acceptors (Lipinski definition) is 1. The zero-order valence-corrected chi connectivity index (χ0v) is 11.8. The summed E-state index contributed by atoms with van der Waals surface area (Å²) in [6, 6.07) is 11.2. The van der Waals surface area contributed by atoms with Gasteiger partial charge in [-0.25, -0.2) is 0 Å². The summed E-state index contributed by atoms with van der Waals surface area (Å²) in [4.78, 5) is 0. The van der Waals surface area contributed by atoms with E-state index in [2.05, 4.69) is 51.1 Å². The molecule has 96 valence electrons. The lowest BCUT2D eigenvalue weighted by Crippen LogP contribution is -2.30. The van der Waals surface area contributed by atoms with Crippen molar-refractivity contribution in [1.82, 2.24) is 0 Å². The number of rotatable bonds is 2. The first-order valence-electron chi connectivity index (χ1n) is 6.97. The van der Waals surface area contributed by atoms with Crippen molar-refractivity contribution in [3.63, 3.8) is 0 Å². The fourth-order valence-corrected chi connectivity index (χ4v) is 2.94. The minimum absolute atomic E-state index is 0.234. The Bertz CT molecular complexity index is 461. The Morgan fingerprint density at radius 1 is 1.28 bits per heavy atom. The topological polar surface area (TPSA) is 23.8 Å². The molecule has 1 atom stereocenters. The predicted molar refractivity (Wildman–Crippen MR) is 75.4 cm³/mol. The SMILES string of the molecule is CC(C)(C)CCC1(C#N)CCCc2ccccc21. The standard InChI is InChI=1S/C17H23N/c1-16(2,3)11-12-17(13-18)10-6-8-14-7-4-5-9-15(14)17/h4-5,7,9H,6,8,10-12H2,1-3H3. The van der Waals surface area contributed by atoms with Gasteiger partial charge in [-0.1, -0.05) is 45.0 Å². The van der Waals surface area contributed by atoms with Crippen molar-refractivity contribution in [3.05, 3.63) is 35.4 Å². The monoisotopic (exact) mass is 241 g/mol. The second-order valence-corrected chi connectivity index (χ2v) is 6.77. The number of fused-ring (bicyclic) bond motifs is 1. The lowest BCUT2D eigenvalue weighted by atomic mass is 9.66. The van der Waals surface area contributed by atoms with Crippen LogP contribution in [0.25, 0.3) is 0 Å². The van der Waals surface area contributed by atoms with Gasteiger partial charge in [-0.05, 0) is 48.6 Å². The van der Waals surface area contributed by atoms with E-state index in [9.17, 15) is 5.26 Å². The molecule has 0 spiro atoms. The molecule has 0 radical (unpaired) electrons. The molecule has 0 N–H and O–H groups in total. The highest BCUT2D eigenvalue weighted by Gasteiger charge is 2.37. The number of benzene rings is 1. The first-order chi connectivity index (χ1) is 8.47. The molecule has 1 aromatic rings. The molecule has 0 aliphatic heterocycles. The van der Waals surface area contributed by atoms with Crippen molar-refractivity contribution in [2.75, 3.05) is 0 Å². The van der Waals surface area contributed by atoms with E-state index in [1.54, 1.807) is 0 Å². The molecule has 2 rings (SSSR count). The Morgan fingerprint density at radius 2 is 2.00 bits per heavy atom. The fourth-order valence-electron chi connectivity index (χ4n) is 2.94.